The first-order chi connectivity index (χ1) is 6.19. The Morgan fingerprint density at radius 3 is 3.00 bits per heavy atom. The van der Waals surface area contributed by atoms with Gasteiger partial charge in [0.15, 0.2) is 0 Å². The maximum atomic E-state index is 11.0. The lowest BCUT2D eigenvalue weighted by Crippen LogP contribution is -2.02. The van der Waals surface area contributed by atoms with E-state index in [1.807, 2.05) is 0 Å². The van der Waals surface area contributed by atoms with Crippen molar-refractivity contribution < 1.29 is 14.6 Å². The highest BCUT2D eigenvalue weighted by Gasteiger charge is 2.10. The number of aromatic nitrogens is 1. The molecular weight excluding hydrogens is 170 g/mol. The molecule has 0 saturated heterocycles. The molecule has 1 rings (SSSR count). The lowest BCUT2D eigenvalue weighted by molar-refractivity contribution is 0.0594. The molecule has 0 amide bonds. The van der Waals surface area contributed by atoms with E-state index in [1.54, 1.807) is 12.1 Å². The van der Waals surface area contributed by atoms with Gasteiger partial charge in [0, 0.05) is 5.69 Å². The average molecular weight is 181 g/mol. The minimum absolute atomic E-state index is 0.318. The Morgan fingerprint density at radius 1 is 1.77 bits per heavy atom. The van der Waals surface area contributed by atoms with Gasteiger partial charge in [-0.05, 0) is 12.1 Å². The van der Waals surface area contributed by atoms with Crippen LogP contribution >= 0.6 is 0 Å². The number of aliphatic hydroxyl groups is 1. The minimum atomic E-state index is -0.779. The zero-order valence-electron chi connectivity index (χ0n) is 7.28. The number of hydrogen-bond donors (Lipinski definition) is 2. The second-order valence-corrected chi connectivity index (χ2v) is 2.50. The first-order valence-electron chi connectivity index (χ1n) is 3.77. The monoisotopic (exact) mass is 181 g/mol. The molecule has 4 nitrogen and oxygen atoms in total. The predicted octanol–water partition coefficient (Wildman–Crippen LogP) is 1.02. The number of carbonyl (C=O) groups is 1. The molecule has 1 heterocycles. The Bertz CT molecular complexity index is 316. The van der Waals surface area contributed by atoms with Gasteiger partial charge in [-0.25, -0.2) is 4.79 Å². The van der Waals surface area contributed by atoms with Gasteiger partial charge in [0.25, 0.3) is 0 Å². The standard InChI is InChI=1S/C9H11NO3/c1-3-8(11)6-4-5-7(10-6)9(12)13-2/h3-5,8,10-11H,1H2,2H3. The van der Waals surface area contributed by atoms with Gasteiger partial charge in [0.2, 0.25) is 0 Å². The zero-order valence-corrected chi connectivity index (χ0v) is 7.28. The Kier molecular flexibility index (Phi) is 2.87. The fourth-order valence-electron chi connectivity index (χ4n) is 0.940. The van der Waals surface area contributed by atoms with Crippen LogP contribution in [0.1, 0.15) is 22.3 Å². The van der Waals surface area contributed by atoms with Gasteiger partial charge < -0.3 is 14.8 Å². The number of nitrogens with one attached hydrogen (secondary N) is 1. The number of hydrogen-bond acceptors (Lipinski definition) is 3. The summed E-state index contributed by atoms with van der Waals surface area (Å²) in [4.78, 5) is 13.7. The van der Waals surface area contributed by atoms with Crippen LogP contribution in [0.3, 0.4) is 0 Å². The first-order valence-corrected chi connectivity index (χ1v) is 3.77. The van der Waals surface area contributed by atoms with Crippen molar-refractivity contribution in [3.05, 3.63) is 36.2 Å². The summed E-state index contributed by atoms with van der Waals surface area (Å²) in [7, 11) is 1.30. The summed E-state index contributed by atoms with van der Waals surface area (Å²) in [5, 5.41) is 9.30. The van der Waals surface area contributed by atoms with E-state index in [2.05, 4.69) is 16.3 Å². The van der Waals surface area contributed by atoms with Crippen LogP contribution < -0.4 is 0 Å². The van der Waals surface area contributed by atoms with Gasteiger partial charge in [-0.1, -0.05) is 6.08 Å². The van der Waals surface area contributed by atoms with E-state index in [0.29, 0.717) is 11.4 Å². The Hall–Kier alpha value is -1.55. The molecule has 0 bridgehead atoms. The fraction of sp³-hybridized carbons (Fsp3) is 0.222. The lowest BCUT2D eigenvalue weighted by Gasteiger charge is -2.00. The van der Waals surface area contributed by atoms with E-state index in [9.17, 15) is 9.90 Å². The van der Waals surface area contributed by atoms with Crippen LogP contribution in [0.4, 0.5) is 0 Å². The molecule has 70 valence electrons. The number of aliphatic hydroxyl groups excluding tert-OH is 1. The third-order valence-electron chi connectivity index (χ3n) is 1.66. The van der Waals surface area contributed by atoms with E-state index in [4.69, 9.17) is 0 Å². The molecule has 1 atom stereocenters. The molecule has 0 aliphatic heterocycles. The van der Waals surface area contributed by atoms with Gasteiger partial charge in [0.05, 0.1) is 7.11 Å². The average Bonchev–Trinajstić information content (AvgIpc) is 2.64. The minimum Gasteiger partial charge on any atom is -0.464 e. The Morgan fingerprint density at radius 2 is 2.46 bits per heavy atom. The number of aromatic amines is 1. The fourth-order valence-corrected chi connectivity index (χ4v) is 0.940. The maximum Gasteiger partial charge on any atom is 0.354 e. The van der Waals surface area contributed by atoms with Crippen molar-refractivity contribution in [3.8, 4) is 0 Å². The highest BCUT2D eigenvalue weighted by atomic mass is 16.5. The van der Waals surface area contributed by atoms with Crippen molar-refractivity contribution in [1.82, 2.24) is 4.98 Å². The van der Waals surface area contributed by atoms with Crippen molar-refractivity contribution in [1.29, 1.82) is 0 Å². The summed E-state index contributed by atoms with van der Waals surface area (Å²) in [6.45, 7) is 3.43. The highest BCUT2D eigenvalue weighted by molar-refractivity contribution is 5.87. The molecule has 0 fully saturated rings. The highest BCUT2D eigenvalue weighted by Crippen LogP contribution is 2.13. The SMILES string of the molecule is C=CC(O)c1ccc(C(=O)OC)[nH]1. The largest absolute Gasteiger partial charge is 0.464 e. The molecule has 0 aromatic carbocycles. The van der Waals surface area contributed by atoms with Crippen LogP contribution in [-0.2, 0) is 4.74 Å². The van der Waals surface area contributed by atoms with Crippen LogP contribution in [0.15, 0.2) is 24.8 Å². The van der Waals surface area contributed by atoms with Gasteiger partial charge in [0.1, 0.15) is 11.8 Å². The first kappa shape index (κ1) is 9.54. The molecule has 1 unspecified atom stereocenters. The summed E-state index contributed by atoms with van der Waals surface area (Å²) in [6, 6.07) is 3.16. The number of carbonyl (C=O) groups excluding carboxylic acids is 1. The van der Waals surface area contributed by atoms with E-state index < -0.39 is 12.1 Å². The second kappa shape index (κ2) is 3.91. The number of H-pyrrole nitrogens is 1. The summed E-state index contributed by atoms with van der Waals surface area (Å²) in [6.07, 6.45) is 0.589. The van der Waals surface area contributed by atoms with Crippen molar-refractivity contribution >= 4 is 5.97 Å². The molecule has 0 aliphatic carbocycles. The van der Waals surface area contributed by atoms with Gasteiger partial charge in [-0.3, -0.25) is 0 Å². The van der Waals surface area contributed by atoms with E-state index in [-0.39, 0.29) is 0 Å². The van der Waals surface area contributed by atoms with Crippen molar-refractivity contribution in [2.45, 2.75) is 6.10 Å². The van der Waals surface area contributed by atoms with Crippen LogP contribution in [0.25, 0.3) is 0 Å². The van der Waals surface area contributed by atoms with Crippen molar-refractivity contribution in [2.75, 3.05) is 7.11 Å². The number of ether oxygens (including phenoxy) is 1. The summed E-state index contributed by atoms with van der Waals surface area (Å²) < 4.78 is 4.49. The van der Waals surface area contributed by atoms with Crippen LogP contribution in [0, 0.1) is 0 Å². The molecule has 0 radical (unpaired) electrons. The number of methoxy groups -OCH3 is 1. The quantitative estimate of drug-likeness (QED) is 0.540. The summed E-state index contributed by atoms with van der Waals surface area (Å²) in [5.74, 6) is -0.456. The van der Waals surface area contributed by atoms with Gasteiger partial charge in [-0.2, -0.15) is 0 Å². The topological polar surface area (TPSA) is 62.3 Å². The Balaban J connectivity index is 2.86. The van der Waals surface area contributed by atoms with E-state index in [0.717, 1.165) is 0 Å². The normalized spacial score (nSPS) is 12.2. The predicted molar refractivity (Wildman–Crippen MR) is 47.3 cm³/mol. The van der Waals surface area contributed by atoms with E-state index in [1.165, 1.54) is 13.2 Å². The molecule has 13 heavy (non-hydrogen) atoms. The molecular formula is C9H11NO3. The molecule has 0 spiro atoms. The third kappa shape index (κ3) is 1.97. The molecule has 0 saturated carbocycles. The lowest BCUT2D eigenvalue weighted by atomic mass is 10.3. The zero-order chi connectivity index (χ0) is 9.84. The number of rotatable bonds is 3. The number of esters is 1. The third-order valence-corrected chi connectivity index (χ3v) is 1.66. The van der Waals surface area contributed by atoms with E-state index >= 15 is 0 Å². The van der Waals surface area contributed by atoms with Crippen LogP contribution in [0.5, 0.6) is 0 Å². The molecule has 1 aromatic rings. The molecule has 4 heteroatoms. The summed E-state index contributed by atoms with van der Waals surface area (Å²) in [5.41, 5.74) is 0.841. The summed E-state index contributed by atoms with van der Waals surface area (Å²) >= 11 is 0. The van der Waals surface area contributed by atoms with Gasteiger partial charge in [-0.15, -0.1) is 6.58 Å². The molecule has 1 aromatic heterocycles. The van der Waals surface area contributed by atoms with Crippen LogP contribution in [0.2, 0.25) is 0 Å². The van der Waals surface area contributed by atoms with Crippen molar-refractivity contribution in [3.63, 3.8) is 0 Å². The van der Waals surface area contributed by atoms with Gasteiger partial charge >= 0.3 is 5.97 Å². The smallest absolute Gasteiger partial charge is 0.354 e. The Labute approximate surface area is 75.8 Å². The molecule has 0 aliphatic rings. The second-order valence-electron chi connectivity index (χ2n) is 2.50. The maximum absolute atomic E-state index is 11.0. The van der Waals surface area contributed by atoms with Crippen LogP contribution in [-0.4, -0.2) is 23.2 Å². The molecule has 2 N–H and O–H groups in total. The van der Waals surface area contributed by atoms with Crippen molar-refractivity contribution in [2.24, 2.45) is 0 Å².